The van der Waals surface area contributed by atoms with E-state index in [1.165, 1.54) is 0 Å². The zero-order valence-electron chi connectivity index (χ0n) is 12.7. The van der Waals surface area contributed by atoms with Crippen LogP contribution in [0.3, 0.4) is 0 Å². The molecule has 0 aliphatic heterocycles. The van der Waals surface area contributed by atoms with Crippen molar-refractivity contribution in [2.75, 3.05) is 36.8 Å². The molecule has 1 heterocycles. The fourth-order valence-corrected chi connectivity index (χ4v) is 2.07. The van der Waals surface area contributed by atoms with Crippen LogP contribution in [0.5, 0.6) is 0 Å². The number of nitrogens with zero attached hydrogens (tertiary/aromatic N) is 2. The van der Waals surface area contributed by atoms with Crippen LogP contribution in [0.15, 0.2) is 18.3 Å². The zero-order chi connectivity index (χ0) is 14.1. The van der Waals surface area contributed by atoms with Crippen LogP contribution in [0.2, 0.25) is 0 Å². The molecule has 0 amide bonds. The number of nitrogens with one attached hydrogen (secondary N) is 2. The molecule has 2 N–H and O–H groups in total. The first kappa shape index (κ1) is 15.8. The van der Waals surface area contributed by atoms with Crippen molar-refractivity contribution < 1.29 is 0 Å². The van der Waals surface area contributed by atoms with E-state index in [9.17, 15) is 0 Å². The molecule has 0 saturated heterocycles. The summed E-state index contributed by atoms with van der Waals surface area (Å²) in [4.78, 5) is 6.74. The molecule has 0 aliphatic carbocycles. The molecule has 0 bridgehead atoms. The van der Waals surface area contributed by atoms with Crippen LogP contribution < -0.4 is 10.6 Å². The fourth-order valence-electron chi connectivity index (χ4n) is 2.07. The molecule has 1 rings (SSSR count). The molecule has 0 aromatic carbocycles. The van der Waals surface area contributed by atoms with Gasteiger partial charge in [-0.2, -0.15) is 0 Å². The molecule has 0 saturated carbocycles. The third kappa shape index (κ3) is 5.92. The van der Waals surface area contributed by atoms with Crippen LogP contribution in [0.1, 0.15) is 34.1 Å². The summed E-state index contributed by atoms with van der Waals surface area (Å²) in [6.45, 7) is 13.0. The lowest BCUT2D eigenvalue weighted by Crippen LogP contribution is -2.34. The van der Waals surface area contributed by atoms with Gasteiger partial charge in [0.2, 0.25) is 0 Å². The van der Waals surface area contributed by atoms with Crippen molar-refractivity contribution in [2.24, 2.45) is 0 Å². The van der Waals surface area contributed by atoms with Crippen LogP contribution in [-0.4, -0.2) is 42.1 Å². The van der Waals surface area contributed by atoms with Gasteiger partial charge in [-0.25, -0.2) is 4.98 Å². The van der Waals surface area contributed by atoms with E-state index in [2.05, 4.69) is 54.3 Å². The average molecular weight is 264 g/mol. The molecule has 0 radical (unpaired) electrons. The summed E-state index contributed by atoms with van der Waals surface area (Å²) in [5.41, 5.74) is 1.13. The third-order valence-corrected chi connectivity index (χ3v) is 3.16. The topological polar surface area (TPSA) is 40.2 Å². The molecule has 0 fully saturated rings. The molecule has 19 heavy (non-hydrogen) atoms. The molecular formula is C15H28N4. The van der Waals surface area contributed by atoms with Gasteiger partial charge < -0.3 is 15.5 Å². The van der Waals surface area contributed by atoms with E-state index in [0.29, 0.717) is 6.04 Å². The Morgan fingerprint density at radius 3 is 2.63 bits per heavy atom. The van der Waals surface area contributed by atoms with Crippen LogP contribution >= 0.6 is 0 Å². The second kappa shape index (κ2) is 8.75. The number of rotatable bonds is 9. The lowest BCUT2D eigenvalue weighted by atomic mass is 10.2. The second-order valence-electron chi connectivity index (χ2n) is 4.89. The lowest BCUT2D eigenvalue weighted by molar-refractivity contribution is 0.295. The summed E-state index contributed by atoms with van der Waals surface area (Å²) in [5.74, 6) is 0.946. The van der Waals surface area contributed by atoms with Crippen molar-refractivity contribution in [3.8, 4) is 0 Å². The number of hydrogen-bond acceptors (Lipinski definition) is 4. The highest BCUT2D eigenvalue weighted by molar-refractivity contribution is 5.52. The quantitative estimate of drug-likeness (QED) is 0.719. The average Bonchev–Trinajstić information content (AvgIpc) is 2.43. The first-order valence-corrected chi connectivity index (χ1v) is 7.38. The Hall–Kier alpha value is -1.29. The molecule has 1 aromatic heterocycles. The van der Waals surface area contributed by atoms with E-state index in [1.54, 1.807) is 0 Å². The van der Waals surface area contributed by atoms with Gasteiger partial charge >= 0.3 is 0 Å². The molecule has 1 unspecified atom stereocenters. The standard InChI is InChI=1S/C15H28N4/c1-5-9-16-15-11-14(8-10-17-15)18-13(4)12-19(6-2)7-3/h8,10-11,13H,5-7,9,12H2,1-4H3,(H2,16,17,18). The van der Waals surface area contributed by atoms with E-state index in [1.807, 2.05) is 12.3 Å². The smallest absolute Gasteiger partial charge is 0.127 e. The van der Waals surface area contributed by atoms with Crippen molar-refractivity contribution in [3.63, 3.8) is 0 Å². The lowest BCUT2D eigenvalue weighted by Gasteiger charge is -2.24. The number of pyridine rings is 1. The van der Waals surface area contributed by atoms with Crippen LogP contribution in [-0.2, 0) is 0 Å². The maximum absolute atomic E-state index is 4.32. The summed E-state index contributed by atoms with van der Waals surface area (Å²) < 4.78 is 0. The summed E-state index contributed by atoms with van der Waals surface area (Å²) in [7, 11) is 0. The van der Waals surface area contributed by atoms with Crippen molar-refractivity contribution in [1.82, 2.24) is 9.88 Å². The van der Waals surface area contributed by atoms with Crippen LogP contribution in [0.4, 0.5) is 11.5 Å². The highest BCUT2D eigenvalue weighted by atomic mass is 15.1. The van der Waals surface area contributed by atoms with E-state index >= 15 is 0 Å². The minimum Gasteiger partial charge on any atom is -0.381 e. The largest absolute Gasteiger partial charge is 0.381 e. The molecule has 4 heteroatoms. The van der Waals surface area contributed by atoms with Gasteiger partial charge in [0, 0.05) is 37.1 Å². The number of likely N-dealkylation sites (N-methyl/N-ethyl adjacent to an activating group) is 1. The van der Waals surface area contributed by atoms with Crippen molar-refractivity contribution in [3.05, 3.63) is 18.3 Å². The fraction of sp³-hybridized carbons (Fsp3) is 0.667. The van der Waals surface area contributed by atoms with Gasteiger partial charge in [-0.3, -0.25) is 0 Å². The Morgan fingerprint density at radius 1 is 1.26 bits per heavy atom. The SMILES string of the molecule is CCCNc1cc(NC(C)CN(CC)CC)ccn1. The minimum atomic E-state index is 0.432. The van der Waals surface area contributed by atoms with Gasteiger partial charge in [-0.15, -0.1) is 0 Å². The predicted molar refractivity (Wildman–Crippen MR) is 83.9 cm³/mol. The van der Waals surface area contributed by atoms with E-state index in [4.69, 9.17) is 0 Å². The van der Waals surface area contributed by atoms with Crippen LogP contribution in [0, 0.1) is 0 Å². The predicted octanol–water partition coefficient (Wildman–Crippen LogP) is 3.05. The van der Waals surface area contributed by atoms with E-state index in [-0.39, 0.29) is 0 Å². The van der Waals surface area contributed by atoms with Gasteiger partial charge in [0.25, 0.3) is 0 Å². The normalized spacial score (nSPS) is 12.5. The Morgan fingerprint density at radius 2 is 2.00 bits per heavy atom. The summed E-state index contributed by atoms with van der Waals surface area (Å²) in [6.07, 6.45) is 2.96. The molecule has 108 valence electrons. The molecule has 1 aromatic rings. The Balaban J connectivity index is 2.51. The molecule has 0 spiro atoms. The van der Waals surface area contributed by atoms with Gasteiger partial charge in [0.1, 0.15) is 5.82 Å². The van der Waals surface area contributed by atoms with Gasteiger partial charge in [-0.1, -0.05) is 20.8 Å². The van der Waals surface area contributed by atoms with E-state index < -0.39 is 0 Å². The van der Waals surface area contributed by atoms with Gasteiger partial charge in [-0.05, 0) is 32.5 Å². The molecule has 0 aliphatic rings. The van der Waals surface area contributed by atoms with Crippen molar-refractivity contribution in [2.45, 2.75) is 40.2 Å². The Bertz CT molecular complexity index is 350. The van der Waals surface area contributed by atoms with Gasteiger partial charge in [0.15, 0.2) is 0 Å². The van der Waals surface area contributed by atoms with Crippen LogP contribution in [0.25, 0.3) is 0 Å². The maximum atomic E-state index is 4.32. The molecule has 4 nitrogen and oxygen atoms in total. The Labute approximate surface area is 117 Å². The summed E-state index contributed by atoms with van der Waals surface area (Å²) in [5, 5.41) is 6.85. The monoisotopic (exact) mass is 264 g/mol. The third-order valence-electron chi connectivity index (χ3n) is 3.16. The minimum absolute atomic E-state index is 0.432. The number of hydrogen-bond donors (Lipinski definition) is 2. The van der Waals surface area contributed by atoms with E-state index in [0.717, 1.165) is 44.1 Å². The first-order valence-electron chi connectivity index (χ1n) is 7.38. The van der Waals surface area contributed by atoms with Crippen molar-refractivity contribution in [1.29, 1.82) is 0 Å². The number of aromatic nitrogens is 1. The van der Waals surface area contributed by atoms with Crippen molar-refractivity contribution >= 4 is 11.5 Å². The first-order chi connectivity index (χ1) is 9.19. The highest BCUT2D eigenvalue weighted by Gasteiger charge is 2.07. The molecule has 1 atom stereocenters. The summed E-state index contributed by atoms with van der Waals surface area (Å²) >= 11 is 0. The number of anilines is 2. The Kier molecular flexibility index (Phi) is 7.26. The maximum Gasteiger partial charge on any atom is 0.127 e. The zero-order valence-corrected chi connectivity index (χ0v) is 12.7. The van der Waals surface area contributed by atoms with Gasteiger partial charge in [0.05, 0.1) is 0 Å². The molecular weight excluding hydrogens is 236 g/mol. The summed E-state index contributed by atoms with van der Waals surface area (Å²) in [6, 6.07) is 4.53. The second-order valence-corrected chi connectivity index (χ2v) is 4.89. The highest BCUT2D eigenvalue weighted by Crippen LogP contribution is 2.13.